The van der Waals surface area contributed by atoms with Crippen molar-refractivity contribution in [3.8, 4) is 0 Å². The van der Waals surface area contributed by atoms with Gasteiger partial charge in [0.1, 0.15) is 0 Å². The fourth-order valence-corrected chi connectivity index (χ4v) is 2.38. The van der Waals surface area contributed by atoms with Gasteiger partial charge in [0.15, 0.2) is 9.77 Å². The maximum absolute atomic E-state index is 13.8. The van der Waals surface area contributed by atoms with Crippen LogP contribution in [-0.4, -0.2) is 18.1 Å². The van der Waals surface area contributed by atoms with Gasteiger partial charge in [0.25, 0.3) is 0 Å². The second-order valence-electron chi connectivity index (χ2n) is 2.81. The summed E-state index contributed by atoms with van der Waals surface area (Å²) in [7, 11) is 1.21. The minimum absolute atomic E-state index is 0. The van der Waals surface area contributed by atoms with Crippen molar-refractivity contribution in [2.45, 2.75) is 0 Å². The molecule has 7 heteroatoms. The van der Waals surface area contributed by atoms with E-state index < -0.39 is 11.8 Å². The monoisotopic (exact) mass is 283 g/mol. The van der Waals surface area contributed by atoms with Crippen LogP contribution < -0.4 is 51.4 Å². The smallest absolute Gasteiger partial charge is 1.00 e. The van der Waals surface area contributed by atoms with E-state index in [-0.39, 0.29) is 58.4 Å². The molecule has 0 atom stereocenters. The maximum atomic E-state index is 13.8. The number of fused-ring (bicyclic) bond motifs is 1. The molecule has 0 saturated carbocycles. The molecule has 0 radical (unpaired) electrons. The number of methoxy groups -OCH3 is 1. The van der Waals surface area contributed by atoms with Crippen molar-refractivity contribution in [1.82, 2.24) is 4.98 Å². The quantitative estimate of drug-likeness (QED) is 0.455. The summed E-state index contributed by atoms with van der Waals surface area (Å²) in [5.74, 6) is -1.27. The summed E-state index contributed by atoms with van der Waals surface area (Å²) >= 11 is 5.99. The number of hydrogen-bond donors (Lipinski definition) is 1. The number of carbonyl (C=O) groups is 1. The molecule has 0 aliphatic heterocycles. The Kier molecular flexibility index (Phi) is 5.24. The Morgan fingerprint density at radius 2 is 2.31 bits per heavy atom. The third-order valence-electron chi connectivity index (χ3n) is 1.93. The Morgan fingerprint density at radius 3 is 2.94 bits per heavy atom. The number of nitrogens with one attached hydrogen (secondary N) is 1. The number of carbonyl (C=O) groups excluding carboxylic acids is 1. The molecule has 0 bridgehead atoms. The molecule has 0 unspecified atom stereocenters. The third kappa shape index (κ3) is 2.61. The largest absolute Gasteiger partial charge is 1.00 e. The first-order chi connectivity index (χ1) is 7.13. The van der Waals surface area contributed by atoms with Crippen LogP contribution in [0.15, 0.2) is 12.1 Å². The Morgan fingerprint density at radius 1 is 1.62 bits per heavy atom. The number of benzene rings is 1. The zero-order valence-electron chi connectivity index (χ0n) is 9.67. The topological polar surface area (TPSA) is 42.1 Å². The van der Waals surface area contributed by atoms with Gasteiger partial charge in [-0.25, -0.2) is 9.18 Å². The number of aromatic nitrogens is 1. The number of H-pyrrole nitrogens is 1. The molecule has 1 heterocycles. The van der Waals surface area contributed by atoms with Crippen LogP contribution in [-0.2, 0) is 4.74 Å². The molecule has 1 aromatic carbocycles. The molecule has 2 aromatic rings. The van der Waals surface area contributed by atoms with Crippen LogP contribution in [0.2, 0.25) is 0 Å². The van der Waals surface area contributed by atoms with Crippen LogP contribution in [0.4, 0.5) is 4.39 Å². The second kappa shape index (κ2) is 5.81. The van der Waals surface area contributed by atoms with Gasteiger partial charge in [-0.1, -0.05) is 0 Å². The van der Waals surface area contributed by atoms with Gasteiger partial charge in [-0.05, 0) is 24.4 Å². The molecule has 16 heavy (non-hydrogen) atoms. The maximum Gasteiger partial charge on any atom is 1.00 e. The van der Waals surface area contributed by atoms with Gasteiger partial charge in [-0.3, -0.25) is 0 Å². The van der Waals surface area contributed by atoms with Gasteiger partial charge < -0.3 is 11.1 Å². The van der Waals surface area contributed by atoms with Crippen LogP contribution in [0.25, 0.3) is 10.2 Å². The Hall–Kier alpha value is 0.366. The molecular formula is C9H7FKNO2S2. The summed E-state index contributed by atoms with van der Waals surface area (Å²) in [4.78, 5) is 14.0. The number of ether oxygens (including phenoxy) is 1. The molecule has 0 fully saturated rings. The van der Waals surface area contributed by atoms with Gasteiger partial charge >= 0.3 is 57.4 Å². The average molecular weight is 283 g/mol. The molecule has 0 amide bonds. The zero-order chi connectivity index (χ0) is 11.0. The van der Waals surface area contributed by atoms with E-state index in [2.05, 4.69) is 9.72 Å². The fraction of sp³-hybridized carbons (Fsp3) is 0.111. The van der Waals surface area contributed by atoms with Crippen LogP contribution >= 0.6 is 23.6 Å². The van der Waals surface area contributed by atoms with E-state index in [4.69, 9.17) is 12.2 Å². The number of hydrogen-bond acceptors (Lipinski definition) is 4. The number of thiazole rings is 1. The van der Waals surface area contributed by atoms with E-state index in [0.717, 1.165) is 11.3 Å². The number of aromatic amines is 1. The van der Waals surface area contributed by atoms with E-state index >= 15 is 0 Å². The number of halogens is 1. The summed E-state index contributed by atoms with van der Waals surface area (Å²) in [6, 6.07) is 2.98. The van der Waals surface area contributed by atoms with E-state index in [1.165, 1.54) is 13.2 Å². The predicted molar refractivity (Wildman–Crippen MR) is 59.4 cm³/mol. The molecule has 0 aliphatic rings. The van der Waals surface area contributed by atoms with Crippen molar-refractivity contribution < 1.29 is 66.7 Å². The molecular weight excluding hydrogens is 276 g/mol. The van der Waals surface area contributed by atoms with Crippen molar-refractivity contribution in [2.75, 3.05) is 7.11 Å². The first-order valence-electron chi connectivity index (χ1n) is 4.03. The number of rotatable bonds is 1. The summed E-state index contributed by atoms with van der Waals surface area (Å²) in [5.41, 5.74) is 0.519. The standard InChI is InChI=1S/C9H6FNO2S2.K.H/c1-13-8(12)4-2-3-5-7(6(4)10)15-9(14)11-5;;/h2-3H,1H3,(H,11,14);;/q;+1;-1. The summed E-state index contributed by atoms with van der Waals surface area (Å²) < 4.78 is 19.1. The molecule has 0 saturated heterocycles. The Balaban J connectivity index is 0.00000128. The average Bonchev–Trinajstić information content (AvgIpc) is 2.59. The Bertz CT molecular complexity index is 598. The first kappa shape index (κ1) is 14.4. The molecule has 1 aromatic heterocycles. The molecule has 0 aliphatic carbocycles. The van der Waals surface area contributed by atoms with Gasteiger partial charge in [0.2, 0.25) is 0 Å². The third-order valence-corrected chi connectivity index (χ3v) is 3.18. The second-order valence-corrected chi connectivity index (χ2v) is 4.50. The predicted octanol–water partition coefficient (Wildman–Crippen LogP) is 0.00109. The SMILES string of the molecule is COC(=O)c1ccc2[nH]c(=S)sc2c1F.[H-].[K+]. The molecule has 80 valence electrons. The van der Waals surface area contributed by atoms with Crippen LogP contribution in [0, 0.1) is 9.77 Å². The molecule has 1 N–H and O–H groups in total. The zero-order valence-corrected chi connectivity index (χ0v) is 13.4. The summed E-state index contributed by atoms with van der Waals surface area (Å²) in [6.07, 6.45) is 0. The molecule has 2 rings (SSSR count). The van der Waals surface area contributed by atoms with Gasteiger partial charge in [0.05, 0.1) is 22.9 Å². The van der Waals surface area contributed by atoms with Crippen LogP contribution in [0.1, 0.15) is 11.8 Å². The minimum Gasteiger partial charge on any atom is -1.00 e. The Labute approximate surface area is 144 Å². The van der Waals surface area contributed by atoms with Gasteiger partial charge in [-0.15, -0.1) is 11.3 Å². The van der Waals surface area contributed by atoms with Crippen molar-refractivity contribution in [1.29, 1.82) is 0 Å². The fourth-order valence-electron chi connectivity index (χ4n) is 1.25. The summed E-state index contributed by atoms with van der Waals surface area (Å²) in [5, 5.41) is 0. The van der Waals surface area contributed by atoms with Gasteiger partial charge in [0, 0.05) is 0 Å². The van der Waals surface area contributed by atoms with E-state index in [1.54, 1.807) is 6.07 Å². The van der Waals surface area contributed by atoms with Crippen molar-refractivity contribution in [3.05, 3.63) is 27.5 Å². The number of esters is 1. The minimum atomic E-state index is -0.686. The molecule has 0 spiro atoms. The van der Waals surface area contributed by atoms with Crippen molar-refractivity contribution in [2.24, 2.45) is 0 Å². The van der Waals surface area contributed by atoms with E-state index in [9.17, 15) is 9.18 Å². The summed E-state index contributed by atoms with van der Waals surface area (Å²) in [6.45, 7) is 0. The molecule has 3 nitrogen and oxygen atoms in total. The van der Waals surface area contributed by atoms with E-state index in [1.807, 2.05) is 0 Å². The van der Waals surface area contributed by atoms with Crippen LogP contribution in [0.5, 0.6) is 0 Å². The van der Waals surface area contributed by atoms with Gasteiger partial charge in [-0.2, -0.15) is 0 Å². The normalized spacial score (nSPS) is 9.88. The van der Waals surface area contributed by atoms with E-state index in [0.29, 0.717) is 14.2 Å². The first-order valence-corrected chi connectivity index (χ1v) is 5.25. The van der Waals surface area contributed by atoms with Crippen LogP contribution in [0.3, 0.4) is 0 Å². The van der Waals surface area contributed by atoms with Crippen molar-refractivity contribution >= 4 is 39.7 Å². The van der Waals surface area contributed by atoms with Crippen molar-refractivity contribution in [3.63, 3.8) is 0 Å².